The van der Waals surface area contributed by atoms with Crippen molar-refractivity contribution in [3.05, 3.63) is 35.5 Å². The fourth-order valence-electron chi connectivity index (χ4n) is 3.18. The third-order valence-electron chi connectivity index (χ3n) is 4.63. The Morgan fingerprint density at radius 1 is 1.12 bits per heavy atom. The Hall–Kier alpha value is -2.25. The first-order chi connectivity index (χ1) is 15.5. The zero-order chi connectivity index (χ0) is 23.1. The molecule has 3 rings (SSSR count). The number of anilines is 1. The lowest BCUT2D eigenvalue weighted by Gasteiger charge is -2.23. The Morgan fingerprint density at radius 2 is 1.81 bits per heavy atom. The van der Waals surface area contributed by atoms with Gasteiger partial charge >= 0.3 is 0 Å². The van der Waals surface area contributed by atoms with Crippen molar-refractivity contribution < 1.29 is 14.2 Å². The summed E-state index contributed by atoms with van der Waals surface area (Å²) in [4.78, 5) is 8.56. The molecule has 0 radical (unpaired) electrons. The number of rotatable bonds is 12. The standard InChI is InChI=1S/C19H27ClN8O3S/c1-12(16(31-5)17-21-8-13(20)9-22-17)32-26-19-24-23-18(15-6-7-27(2)25-15)28(19)14(10-29-3)11-30-4/h6-9,12,14,16H,10-11H2,1-5H3,(H,24,26). The van der Waals surface area contributed by atoms with Gasteiger partial charge in [-0.25, -0.2) is 9.97 Å². The number of methoxy groups -OCH3 is 3. The topological polar surface area (TPSA) is 114 Å². The highest BCUT2D eigenvalue weighted by Gasteiger charge is 2.26. The number of aromatic nitrogens is 7. The zero-order valence-corrected chi connectivity index (χ0v) is 20.2. The number of ether oxygens (including phenoxy) is 3. The molecule has 32 heavy (non-hydrogen) atoms. The van der Waals surface area contributed by atoms with Crippen molar-refractivity contribution in [1.82, 2.24) is 34.5 Å². The molecule has 2 atom stereocenters. The number of hydrogen-bond donors (Lipinski definition) is 1. The fourth-order valence-corrected chi connectivity index (χ4v) is 4.07. The Labute approximate surface area is 196 Å². The van der Waals surface area contributed by atoms with E-state index in [9.17, 15) is 0 Å². The summed E-state index contributed by atoms with van der Waals surface area (Å²) < 4.78 is 23.4. The quantitative estimate of drug-likeness (QED) is 0.386. The van der Waals surface area contributed by atoms with Crippen LogP contribution in [0.25, 0.3) is 11.5 Å². The van der Waals surface area contributed by atoms with Crippen LogP contribution in [-0.4, -0.2) is 74.3 Å². The van der Waals surface area contributed by atoms with Gasteiger partial charge in [-0.3, -0.25) is 14.0 Å². The van der Waals surface area contributed by atoms with E-state index in [-0.39, 0.29) is 17.4 Å². The second-order valence-corrected chi connectivity index (χ2v) is 8.62. The van der Waals surface area contributed by atoms with Crippen LogP contribution in [-0.2, 0) is 21.3 Å². The molecule has 13 heteroatoms. The van der Waals surface area contributed by atoms with E-state index in [1.807, 2.05) is 30.8 Å². The first-order valence-electron chi connectivity index (χ1n) is 9.83. The third kappa shape index (κ3) is 5.75. The highest BCUT2D eigenvalue weighted by molar-refractivity contribution is 8.01. The largest absolute Gasteiger partial charge is 0.382 e. The zero-order valence-electron chi connectivity index (χ0n) is 18.6. The van der Waals surface area contributed by atoms with E-state index in [0.717, 1.165) is 0 Å². The van der Waals surface area contributed by atoms with Gasteiger partial charge in [0.15, 0.2) is 11.6 Å². The van der Waals surface area contributed by atoms with Gasteiger partial charge in [-0.15, -0.1) is 10.2 Å². The molecule has 3 heterocycles. The summed E-state index contributed by atoms with van der Waals surface area (Å²) in [6.45, 7) is 2.84. The summed E-state index contributed by atoms with van der Waals surface area (Å²) in [6, 6.07) is 1.73. The van der Waals surface area contributed by atoms with Crippen molar-refractivity contribution >= 4 is 29.5 Å². The molecular formula is C19H27ClN8O3S. The minimum absolute atomic E-state index is 0.0621. The predicted octanol–water partition coefficient (Wildman–Crippen LogP) is 2.79. The normalized spacial score (nSPS) is 13.5. The first-order valence-corrected chi connectivity index (χ1v) is 11.1. The minimum Gasteiger partial charge on any atom is -0.382 e. The van der Waals surface area contributed by atoms with E-state index in [2.05, 4.69) is 30.0 Å². The van der Waals surface area contributed by atoms with Gasteiger partial charge in [0.05, 0.1) is 29.5 Å². The molecule has 0 aromatic carbocycles. The summed E-state index contributed by atoms with van der Waals surface area (Å²) >= 11 is 7.33. The van der Waals surface area contributed by atoms with Crippen LogP contribution in [0.2, 0.25) is 5.02 Å². The minimum atomic E-state index is -0.356. The van der Waals surface area contributed by atoms with Gasteiger partial charge in [0.1, 0.15) is 11.8 Å². The molecular weight excluding hydrogens is 456 g/mol. The van der Waals surface area contributed by atoms with Gasteiger partial charge in [0, 0.05) is 47.0 Å². The molecule has 11 nitrogen and oxygen atoms in total. The Balaban J connectivity index is 1.84. The van der Waals surface area contributed by atoms with Gasteiger partial charge in [-0.1, -0.05) is 11.6 Å². The van der Waals surface area contributed by atoms with Crippen LogP contribution in [0.1, 0.15) is 24.9 Å². The molecule has 3 aromatic rings. The van der Waals surface area contributed by atoms with E-state index >= 15 is 0 Å². The molecule has 0 spiro atoms. The number of halogens is 1. The molecule has 1 N–H and O–H groups in total. The van der Waals surface area contributed by atoms with E-state index in [4.69, 9.17) is 25.8 Å². The molecule has 174 valence electrons. The number of nitrogens with zero attached hydrogens (tertiary/aromatic N) is 7. The third-order valence-corrected chi connectivity index (χ3v) is 5.75. The van der Waals surface area contributed by atoms with Crippen molar-refractivity contribution in [2.24, 2.45) is 7.05 Å². The highest BCUT2D eigenvalue weighted by atomic mass is 35.5. The van der Waals surface area contributed by atoms with Gasteiger partial charge < -0.3 is 14.2 Å². The number of hydrogen-bond acceptors (Lipinski definition) is 10. The molecule has 0 bridgehead atoms. The lowest BCUT2D eigenvalue weighted by Crippen LogP contribution is -2.23. The van der Waals surface area contributed by atoms with Crippen LogP contribution in [0, 0.1) is 0 Å². The van der Waals surface area contributed by atoms with E-state index in [1.54, 1.807) is 38.4 Å². The van der Waals surface area contributed by atoms with Crippen LogP contribution in [0.4, 0.5) is 5.95 Å². The molecule has 0 amide bonds. The lowest BCUT2D eigenvalue weighted by molar-refractivity contribution is 0.0908. The molecule has 0 saturated heterocycles. The van der Waals surface area contributed by atoms with Gasteiger partial charge in [0.2, 0.25) is 5.95 Å². The smallest absolute Gasteiger partial charge is 0.235 e. The highest BCUT2D eigenvalue weighted by Crippen LogP contribution is 2.31. The monoisotopic (exact) mass is 482 g/mol. The molecule has 0 aliphatic rings. The summed E-state index contributed by atoms with van der Waals surface area (Å²) in [5.74, 6) is 1.71. The van der Waals surface area contributed by atoms with Crippen LogP contribution in [0.5, 0.6) is 0 Å². The molecule has 0 saturated carbocycles. The van der Waals surface area contributed by atoms with Crippen molar-refractivity contribution in [3.63, 3.8) is 0 Å². The van der Waals surface area contributed by atoms with Crippen LogP contribution < -0.4 is 4.72 Å². The summed E-state index contributed by atoms with van der Waals surface area (Å²) in [7, 11) is 6.76. The molecule has 0 aliphatic heterocycles. The van der Waals surface area contributed by atoms with Gasteiger partial charge in [-0.05, 0) is 24.9 Å². The molecule has 0 fully saturated rings. The summed E-state index contributed by atoms with van der Waals surface area (Å²) in [6.07, 6.45) is 4.60. The number of aryl methyl sites for hydroxylation is 1. The molecule has 2 unspecified atom stereocenters. The SMILES string of the molecule is COCC(COC)n1c(NSC(C)C(OC)c2ncc(Cl)cn2)nnc1-c1ccn(C)n1. The first kappa shape index (κ1) is 24.4. The number of nitrogens with one attached hydrogen (secondary N) is 1. The van der Waals surface area contributed by atoms with Gasteiger partial charge in [0.25, 0.3) is 0 Å². The maximum Gasteiger partial charge on any atom is 0.235 e. The van der Waals surface area contributed by atoms with Crippen molar-refractivity contribution in [3.8, 4) is 11.5 Å². The van der Waals surface area contributed by atoms with Crippen molar-refractivity contribution in [2.45, 2.75) is 24.3 Å². The second kappa shape index (κ2) is 11.6. The van der Waals surface area contributed by atoms with Crippen molar-refractivity contribution in [2.75, 3.05) is 39.3 Å². The van der Waals surface area contributed by atoms with E-state index in [0.29, 0.717) is 41.5 Å². The van der Waals surface area contributed by atoms with E-state index < -0.39 is 0 Å². The Morgan fingerprint density at radius 3 is 2.38 bits per heavy atom. The van der Waals surface area contributed by atoms with Crippen LogP contribution in [0.15, 0.2) is 24.7 Å². The average Bonchev–Trinajstić information content (AvgIpc) is 3.40. The maximum atomic E-state index is 5.90. The predicted molar refractivity (Wildman–Crippen MR) is 122 cm³/mol. The Bertz CT molecular complexity index is 977. The molecule has 3 aromatic heterocycles. The lowest BCUT2D eigenvalue weighted by atomic mass is 10.2. The maximum absolute atomic E-state index is 5.90. The second-order valence-electron chi connectivity index (χ2n) is 7.00. The Kier molecular flexibility index (Phi) is 8.82. The molecule has 0 aliphatic carbocycles. The van der Waals surface area contributed by atoms with E-state index in [1.165, 1.54) is 11.9 Å². The fraction of sp³-hybridized carbons (Fsp3) is 0.526. The summed E-state index contributed by atoms with van der Waals surface area (Å²) in [5.41, 5.74) is 0.702. The van der Waals surface area contributed by atoms with Crippen molar-refractivity contribution in [1.29, 1.82) is 0 Å². The van der Waals surface area contributed by atoms with Crippen LogP contribution in [0.3, 0.4) is 0 Å². The summed E-state index contributed by atoms with van der Waals surface area (Å²) in [5, 5.41) is 13.6. The average molecular weight is 483 g/mol. The van der Waals surface area contributed by atoms with Gasteiger partial charge in [-0.2, -0.15) is 5.10 Å². The van der Waals surface area contributed by atoms with Crippen LogP contribution >= 0.6 is 23.5 Å².